The minimum Gasteiger partial charge on any atom is -0.353 e. The number of aromatic nitrogens is 1. The van der Waals surface area contributed by atoms with Gasteiger partial charge in [-0.15, -0.1) is 0 Å². The summed E-state index contributed by atoms with van der Waals surface area (Å²) in [6.45, 7) is 3.95. The Kier molecular flexibility index (Phi) is 2.59. The van der Waals surface area contributed by atoms with Gasteiger partial charge in [0.05, 0.1) is 4.92 Å². The number of halogens is 1. The summed E-state index contributed by atoms with van der Waals surface area (Å²) in [5, 5.41) is 12.1. The topological polar surface area (TPSA) is 58.9 Å². The predicted octanol–water partition coefficient (Wildman–Crippen LogP) is 3.60. The molecular formula is C11H11ClN2O2. The number of H-pyrrole nitrogens is 1. The van der Waals surface area contributed by atoms with Gasteiger partial charge < -0.3 is 4.98 Å². The second-order valence-corrected chi connectivity index (χ2v) is 4.12. The van der Waals surface area contributed by atoms with E-state index in [-0.39, 0.29) is 5.69 Å². The summed E-state index contributed by atoms with van der Waals surface area (Å²) in [6, 6.07) is 3.13. The molecule has 0 aliphatic rings. The molecule has 0 atom stereocenters. The van der Waals surface area contributed by atoms with E-state index in [1.54, 1.807) is 6.07 Å². The summed E-state index contributed by atoms with van der Waals surface area (Å²) in [5.41, 5.74) is 2.64. The molecule has 0 unspecified atom stereocenters. The van der Waals surface area contributed by atoms with E-state index < -0.39 is 4.92 Å². The molecule has 1 heterocycles. The highest BCUT2D eigenvalue weighted by Crippen LogP contribution is 2.32. The number of nitrogens with one attached hydrogen (secondary N) is 1. The highest BCUT2D eigenvalue weighted by atomic mass is 35.5. The average molecular weight is 239 g/mol. The van der Waals surface area contributed by atoms with Gasteiger partial charge in [-0.05, 0) is 25.0 Å². The van der Waals surface area contributed by atoms with Crippen LogP contribution in [0.1, 0.15) is 18.2 Å². The normalized spacial score (nSPS) is 10.9. The number of hydrogen-bond donors (Lipinski definition) is 1. The van der Waals surface area contributed by atoms with Crippen molar-refractivity contribution in [3.8, 4) is 0 Å². The van der Waals surface area contributed by atoms with Crippen LogP contribution in [-0.4, -0.2) is 9.91 Å². The second-order valence-electron chi connectivity index (χ2n) is 3.69. The lowest BCUT2D eigenvalue weighted by Crippen LogP contribution is -1.89. The van der Waals surface area contributed by atoms with Crippen molar-refractivity contribution in [3.05, 3.63) is 38.5 Å². The van der Waals surface area contributed by atoms with E-state index in [1.165, 1.54) is 6.07 Å². The molecule has 2 aromatic rings. The lowest BCUT2D eigenvalue weighted by molar-refractivity contribution is -0.383. The standard InChI is InChI=1S/C11H11ClN2O2/c1-3-9-6(2)8-4-7(12)5-10(14(15)16)11(8)13-9/h4-5,13H,3H2,1-2H3. The predicted molar refractivity (Wildman–Crippen MR) is 64.1 cm³/mol. The molecule has 84 valence electrons. The molecule has 1 aromatic carbocycles. The fraction of sp³-hybridized carbons (Fsp3) is 0.273. The minimum atomic E-state index is -0.413. The molecule has 1 aromatic heterocycles. The van der Waals surface area contributed by atoms with Crippen molar-refractivity contribution in [1.82, 2.24) is 4.98 Å². The van der Waals surface area contributed by atoms with Gasteiger partial charge in [0, 0.05) is 22.2 Å². The Morgan fingerprint density at radius 2 is 2.19 bits per heavy atom. The van der Waals surface area contributed by atoms with Crippen molar-refractivity contribution in [2.24, 2.45) is 0 Å². The van der Waals surface area contributed by atoms with Gasteiger partial charge in [0.1, 0.15) is 5.52 Å². The molecule has 4 nitrogen and oxygen atoms in total. The minimum absolute atomic E-state index is 0.0327. The van der Waals surface area contributed by atoms with Crippen molar-refractivity contribution in [3.63, 3.8) is 0 Å². The summed E-state index contributed by atoms with van der Waals surface area (Å²) in [7, 11) is 0. The number of non-ortho nitro benzene ring substituents is 1. The van der Waals surface area contributed by atoms with Crippen molar-refractivity contribution >= 4 is 28.2 Å². The molecule has 0 amide bonds. The fourth-order valence-electron chi connectivity index (χ4n) is 1.92. The van der Waals surface area contributed by atoms with Crippen LogP contribution < -0.4 is 0 Å². The summed E-state index contributed by atoms with van der Waals surface area (Å²) >= 11 is 5.87. The van der Waals surface area contributed by atoms with E-state index in [2.05, 4.69) is 4.98 Å². The van der Waals surface area contributed by atoms with E-state index in [0.717, 1.165) is 23.1 Å². The molecule has 0 saturated heterocycles. The average Bonchev–Trinajstić information content (AvgIpc) is 2.55. The van der Waals surface area contributed by atoms with Gasteiger partial charge in [0.15, 0.2) is 0 Å². The van der Waals surface area contributed by atoms with Gasteiger partial charge in [0.2, 0.25) is 0 Å². The Morgan fingerprint density at radius 3 is 2.75 bits per heavy atom. The summed E-state index contributed by atoms with van der Waals surface area (Å²) in [6.07, 6.45) is 0.815. The van der Waals surface area contributed by atoms with Crippen molar-refractivity contribution < 1.29 is 4.92 Å². The number of nitro groups is 1. The zero-order valence-corrected chi connectivity index (χ0v) is 9.76. The Balaban J connectivity index is 2.87. The van der Waals surface area contributed by atoms with Gasteiger partial charge in [0.25, 0.3) is 5.69 Å². The van der Waals surface area contributed by atoms with Crippen molar-refractivity contribution in [2.45, 2.75) is 20.3 Å². The lowest BCUT2D eigenvalue weighted by Gasteiger charge is -1.96. The van der Waals surface area contributed by atoms with Crippen LogP contribution in [0.2, 0.25) is 5.02 Å². The third-order valence-corrected chi connectivity index (χ3v) is 2.98. The third kappa shape index (κ3) is 1.55. The number of nitro benzene ring substituents is 1. The van der Waals surface area contributed by atoms with Crippen LogP contribution in [0, 0.1) is 17.0 Å². The zero-order valence-electron chi connectivity index (χ0n) is 9.00. The molecule has 16 heavy (non-hydrogen) atoms. The van der Waals surface area contributed by atoms with E-state index in [0.29, 0.717) is 10.5 Å². The monoisotopic (exact) mass is 238 g/mol. The maximum atomic E-state index is 10.9. The highest BCUT2D eigenvalue weighted by Gasteiger charge is 2.18. The van der Waals surface area contributed by atoms with Gasteiger partial charge in [-0.1, -0.05) is 18.5 Å². The molecular weight excluding hydrogens is 228 g/mol. The van der Waals surface area contributed by atoms with Crippen molar-refractivity contribution in [1.29, 1.82) is 0 Å². The molecule has 5 heteroatoms. The lowest BCUT2D eigenvalue weighted by atomic mass is 10.1. The van der Waals surface area contributed by atoms with Gasteiger partial charge in [-0.2, -0.15) is 0 Å². The first-order valence-electron chi connectivity index (χ1n) is 4.99. The first kappa shape index (κ1) is 11.0. The Hall–Kier alpha value is -1.55. The van der Waals surface area contributed by atoms with E-state index in [9.17, 15) is 10.1 Å². The molecule has 0 spiro atoms. The number of nitrogens with zero attached hydrogens (tertiary/aromatic N) is 1. The highest BCUT2D eigenvalue weighted by molar-refractivity contribution is 6.31. The van der Waals surface area contributed by atoms with Gasteiger partial charge in [-0.3, -0.25) is 10.1 Å². The quantitative estimate of drug-likeness (QED) is 0.642. The summed E-state index contributed by atoms with van der Waals surface area (Å²) in [4.78, 5) is 13.6. The Morgan fingerprint density at radius 1 is 1.50 bits per heavy atom. The molecule has 1 N–H and O–H groups in total. The van der Waals surface area contributed by atoms with Crippen LogP contribution in [0.25, 0.3) is 10.9 Å². The van der Waals surface area contributed by atoms with E-state index in [1.807, 2.05) is 13.8 Å². The third-order valence-electron chi connectivity index (χ3n) is 2.77. The Bertz CT molecular complexity index is 575. The zero-order chi connectivity index (χ0) is 11.9. The number of fused-ring (bicyclic) bond motifs is 1. The summed E-state index contributed by atoms with van der Waals surface area (Å²) in [5.74, 6) is 0. The Labute approximate surface area is 97.4 Å². The number of benzene rings is 1. The van der Waals surface area contributed by atoms with Crippen LogP contribution in [0.5, 0.6) is 0 Å². The summed E-state index contributed by atoms with van der Waals surface area (Å²) < 4.78 is 0. The first-order chi connectivity index (χ1) is 7.54. The van der Waals surface area contributed by atoms with Gasteiger partial charge in [-0.25, -0.2) is 0 Å². The molecule has 0 bridgehead atoms. The molecule has 2 rings (SSSR count). The van der Waals surface area contributed by atoms with E-state index >= 15 is 0 Å². The van der Waals surface area contributed by atoms with Crippen LogP contribution in [-0.2, 0) is 6.42 Å². The maximum absolute atomic E-state index is 10.9. The van der Waals surface area contributed by atoms with Crippen LogP contribution >= 0.6 is 11.6 Å². The van der Waals surface area contributed by atoms with E-state index in [4.69, 9.17) is 11.6 Å². The number of aryl methyl sites for hydroxylation is 2. The second kappa shape index (κ2) is 3.79. The van der Waals surface area contributed by atoms with Gasteiger partial charge >= 0.3 is 0 Å². The largest absolute Gasteiger partial charge is 0.353 e. The van der Waals surface area contributed by atoms with Crippen LogP contribution in [0.4, 0.5) is 5.69 Å². The van der Waals surface area contributed by atoms with Crippen LogP contribution in [0.3, 0.4) is 0 Å². The molecule has 0 radical (unpaired) electrons. The molecule has 0 saturated carbocycles. The smallest absolute Gasteiger partial charge is 0.294 e. The molecule has 0 aliphatic carbocycles. The number of aromatic amines is 1. The van der Waals surface area contributed by atoms with Crippen LogP contribution in [0.15, 0.2) is 12.1 Å². The number of hydrogen-bond acceptors (Lipinski definition) is 2. The SMILES string of the molecule is CCc1[nH]c2c([N+](=O)[O-])cc(Cl)cc2c1C. The maximum Gasteiger partial charge on any atom is 0.294 e. The number of rotatable bonds is 2. The first-order valence-corrected chi connectivity index (χ1v) is 5.37. The fourth-order valence-corrected chi connectivity index (χ4v) is 2.14. The molecule has 0 aliphatic heterocycles. The molecule has 0 fully saturated rings. The van der Waals surface area contributed by atoms with Crippen molar-refractivity contribution in [2.75, 3.05) is 0 Å².